The lowest BCUT2D eigenvalue weighted by Gasteiger charge is -2.26. The lowest BCUT2D eigenvalue weighted by Crippen LogP contribution is -2.26. The minimum Gasteiger partial charge on any atom is -0.493 e. The van der Waals surface area contributed by atoms with Gasteiger partial charge in [0.1, 0.15) is 17.2 Å². The number of nitrogens with zero attached hydrogens (tertiary/aromatic N) is 1. The van der Waals surface area contributed by atoms with Crippen molar-refractivity contribution in [3.05, 3.63) is 75.5 Å². The summed E-state index contributed by atoms with van der Waals surface area (Å²) in [6, 6.07) is 13.7. The van der Waals surface area contributed by atoms with Crippen molar-refractivity contribution in [3.8, 4) is 23.3 Å². The van der Waals surface area contributed by atoms with Crippen molar-refractivity contribution in [3.63, 3.8) is 0 Å². The van der Waals surface area contributed by atoms with E-state index < -0.39 is 17.5 Å². The first-order valence-corrected chi connectivity index (χ1v) is 9.17. The van der Waals surface area contributed by atoms with Crippen molar-refractivity contribution in [2.75, 3.05) is 13.7 Å². The van der Waals surface area contributed by atoms with Crippen LogP contribution in [0.15, 0.2) is 63.1 Å². The summed E-state index contributed by atoms with van der Waals surface area (Å²) in [4.78, 5) is 23.9. The van der Waals surface area contributed by atoms with Crippen LogP contribution in [0.3, 0.4) is 0 Å². The first-order chi connectivity index (χ1) is 14.9. The Morgan fingerprint density at radius 2 is 2.00 bits per heavy atom. The molecule has 0 saturated heterocycles. The van der Waals surface area contributed by atoms with Gasteiger partial charge in [0.15, 0.2) is 23.9 Å². The van der Waals surface area contributed by atoms with E-state index in [-0.39, 0.29) is 40.9 Å². The van der Waals surface area contributed by atoms with Crippen molar-refractivity contribution in [1.29, 1.82) is 5.26 Å². The average molecular weight is 419 g/mol. The van der Waals surface area contributed by atoms with Crippen molar-refractivity contribution < 1.29 is 23.4 Å². The molecule has 0 unspecified atom stereocenters. The van der Waals surface area contributed by atoms with Crippen molar-refractivity contribution >= 4 is 16.9 Å². The van der Waals surface area contributed by atoms with E-state index in [1.165, 1.54) is 7.11 Å². The molecule has 2 heterocycles. The first kappa shape index (κ1) is 19.8. The number of nitriles is 1. The zero-order chi connectivity index (χ0) is 22.1. The predicted molar refractivity (Wildman–Crippen MR) is 109 cm³/mol. The van der Waals surface area contributed by atoms with E-state index in [1.54, 1.807) is 42.5 Å². The largest absolute Gasteiger partial charge is 0.493 e. The van der Waals surface area contributed by atoms with Crippen molar-refractivity contribution in [1.82, 2.24) is 0 Å². The lowest BCUT2D eigenvalue weighted by molar-refractivity contribution is -0.119. The fraction of sp³-hybridized carbons (Fsp3) is 0.136. The van der Waals surface area contributed by atoms with Gasteiger partial charge in [0.2, 0.25) is 5.88 Å². The van der Waals surface area contributed by atoms with Gasteiger partial charge in [-0.3, -0.25) is 4.79 Å². The second-order valence-electron chi connectivity index (χ2n) is 6.72. The molecule has 2 aromatic carbocycles. The predicted octanol–water partition coefficient (Wildman–Crippen LogP) is 1.88. The molecular weight excluding hydrogens is 402 g/mol. The van der Waals surface area contributed by atoms with Gasteiger partial charge >= 0.3 is 5.63 Å². The molecule has 3 aromatic rings. The van der Waals surface area contributed by atoms with Crippen molar-refractivity contribution in [2.45, 2.75) is 5.92 Å². The molecule has 1 aliphatic rings. The van der Waals surface area contributed by atoms with E-state index in [1.807, 2.05) is 6.07 Å². The number of hydrogen-bond acceptors (Lipinski definition) is 8. The molecule has 4 N–H and O–H groups in total. The molecule has 0 fully saturated rings. The molecule has 1 amide bonds. The summed E-state index contributed by atoms with van der Waals surface area (Å²) in [5, 5.41) is 10.3. The highest BCUT2D eigenvalue weighted by Crippen LogP contribution is 2.44. The van der Waals surface area contributed by atoms with E-state index in [0.29, 0.717) is 16.5 Å². The Kier molecular flexibility index (Phi) is 4.97. The summed E-state index contributed by atoms with van der Waals surface area (Å²) in [5.41, 5.74) is 11.6. The molecule has 156 valence electrons. The maximum absolute atomic E-state index is 12.9. The second kappa shape index (κ2) is 7.76. The number of hydrogen-bond donors (Lipinski definition) is 2. The van der Waals surface area contributed by atoms with E-state index in [9.17, 15) is 14.9 Å². The average Bonchev–Trinajstić information content (AvgIpc) is 2.76. The zero-order valence-electron chi connectivity index (χ0n) is 16.4. The molecule has 0 aliphatic carbocycles. The van der Waals surface area contributed by atoms with Gasteiger partial charge in [0, 0.05) is 0 Å². The summed E-state index contributed by atoms with van der Waals surface area (Å²) in [6.07, 6.45) is 0. The SMILES string of the molecule is COc1cc([C@@H]2C(C#N)=C(N)Oc3c2c(=O)oc2ccccc32)ccc1OCC(N)=O. The number of nitrogens with two attached hydrogens (primary N) is 2. The number of carbonyl (C=O) groups is 1. The van der Waals surface area contributed by atoms with Gasteiger partial charge in [0.25, 0.3) is 5.91 Å². The zero-order valence-corrected chi connectivity index (χ0v) is 16.4. The maximum atomic E-state index is 12.9. The fourth-order valence-electron chi connectivity index (χ4n) is 3.53. The number of primary amides is 1. The summed E-state index contributed by atoms with van der Waals surface area (Å²) in [6.45, 7) is -0.332. The number of allylic oxidation sites excluding steroid dienone is 1. The van der Waals surface area contributed by atoms with Gasteiger partial charge in [-0.2, -0.15) is 5.26 Å². The van der Waals surface area contributed by atoms with Crippen LogP contribution in [0.4, 0.5) is 0 Å². The van der Waals surface area contributed by atoms with Crippen LogP contribution >= 0.6 is 0 Å². The molecule has 0 bridgehead atoms. The molecule has 9 nitrogen and oxygen atoms in total. The normalized spacial score (nSPS) is 15.0. The highest BCUT2D eigenvalue weighted by Gasteiger charge is 2.35. The first-order valence-electron chi connectivity index (χ1n) is 9.17. The molecule has 0 saturated carbocycles. The summed E-state index contributed by atoms with van der Waals surface area (Å²) < 4.78 is 21.9. The van der Waals surface area contributed by atoms with E-state index in [2.05, 4.69) is 0 Å². The number of amides is 1. The Labute approximate surface area is 176 Å². The van der Waals surface area contributed by atoms with Crippen molar-refractivity contribution in [2.24, 2.45) is 11.5 Å². The van der Waals surface area contributed by atoms with Gasteiger partial charge in [0.05, 0.1) is 24.0 Å². The van der Waals surface area contributed by atoms with Gasteiger partial charge < -0.3 is 30.1 Å². The molecular formula is C22H17N3O6. The molecule has 4 rings (SSSR count). The van der Waals surface area contributed by atoms with E-state index >= 15 is 0 Å². The van der Waals surface area contributed by atoms with E-state index in [4.69, 9.17) is 30.1 Å². The smallest absolute Gasteiger partial charge is 0.344 e. The Hall–Kier alpha value is -4.45. The van der Waals surface area contributed by atoms with Gasteiger partial charge in [-0.05, 0) is 29.8 Å². The third-order valence-corrected chi connectivity index (χ3v) is 4.87. The number of ether oxygens (including phenoxy) is 3. The van der Waals surface area contributed by atoms with Gasteiger partial charge in [-0.15, -0.1) is 0 Å². The van der Waals surface area contributed by atoms with Crippen LogP contribution in [0.5, 0.6) is 17.2 Å². The number of benzene rings is 2. The number of rotatable bonds is 5. The number of methoxy groups -OCH3 is 1. The van der Waals surface area contributed by atoms with Crippen LogP contribution in [0.1, 0.15) is 17.0 Å². The monoisotopic (exact) mass is 419 g/mol. The number of fused-ring (bicyclic) bond motifs is 3. The third kappa shape index (κ3) is 3.40. The topological polar surface area (TPSA) is 151 Å². The molecule has 9 heteroatoms. The van der Waals surface area contributed by atoms with Gasteiger partial charge in [-0.1, -0.05) is 18.2 Å². The Balaban J connectivity index is 1.92. The number of carbonyl (C=O) groups excluding carboxylic acids is 1. The minimum atomic E-state index is -0.853. The Bertz CT molecular complexity index is 1340. The van der Waals surface area contributed by atoms with E-state index in [0.717, 1.165) is 0 Å². The third-order valence-electron chi connectivity index (χ3n) is 4.87. The Morgan fingerprint density at radius 3 is 2.71 bits per heavy atom. The quantitative estimate of drug-likeness (QED) is 0.595. The summed E-state index contributed by atoms with van der Waals surface area (Å²) >= 11 is 0. The van der Waals surface area contributed by atoms with Crippen LogP contribution in [0, 0.1) is 11.3 Å². The molecule has 1 aliphatic heterocycles. The highest BCUT2D eigenvalue weighted by atomic mass is 16.5. The summed E-state index contributed by atoms with van der Waals surface area (Å²) in [5.74, 6) is -0.804. The molecule has 1 aromatic heterocycles. The summed E-state index contributed by atoms with van der Waals surface area (Å²) in [7, 11) is 1.42. The molecule has 1 atom stereocenters. The molecule has 31 heavy (non-hydrogen) atoms. The highest BCUT2D eigenvalue weighted by molar-refractivity contribution is 5.86. The maximum Gasteiger partial charge on any atom is 0.344 e. The molecule has 0 spiro atoms. The Morgan fingerprint density at radius 1 is 1.23 bits per heavy atom. The second-order valence-corrected chi connectivity index (χ2v) is 6.72. The number of para-hydroxylation sites is 1. The van der Waals surface area contributed by atoms with Crippen LogP contribution in [0.2, 0.25) is 0 Å². The van der Waals surface area contributed by atoms with Gasteiger partial charge in [-0.25, -0.2) is 4.79 Å². The van der Waals surface area contributed by atoms with Crippen LogP contribution in [-0.4, -0.2) is 19.6 Å². The van der Waals surface area contributed by atoms with Crippen LogP contribution in [0.25, 0.3) is 11.0 Å². The van der Waals surface area contributed by atoms with Crippen LogP contribution in [-0.2, 0) is 4.79 Å². The minimum absolute atomic E-state index is 0.0583. The van der Waals surface area contributed by atoms with Crippen LogP contribution < -0.4 is 31.3 Å². The lowest BCUT2D eigenvalue weighted by atomic mass is 9.83. The molecule has 0 radical (unpaired) electrons. The standard InChI is InChI=1S/C22H17N3O6/c1-28-16-8-11(6-7-15(16)29-10-17(24)26)18-13(9-23)21(25)31-20-12-4-2-3-5-14(12)30-22(27)19(18)20/h2-8,18H,10,25H2,1H3,(H2,24,26)/t18-/m1/s1. The fourth-order valence-corrected chi connectivity index (χ4v) is 3.53.